The minimum atomic E-state index is 0. The van der Waals surface area contributed by atoms with Crippen molar-refractivity contribution in [2.24, 2.45) is 0 Å². The van der Waals surface area contributed by atoms with E-state index >= 15 is 0 Å². The highest BCUT2D eigenvalue weighted by Gasteiger charge is 2.26. The third-order valence-corrected chi connectivity index (χ3v) is 4.83. The molecule has 1 fully saturated rings. The average Bonchev–Trinajstić information content (AvgIpc) is 2.98. The summed E-state index contributed by atoms with van der Waals surface area (Å²) in [5.74, 6) is 0. The first-order chi connectivity index (χ1) is 9.75. The number of nitrogens with two attached hydrogens (primary N) is 1. The minimum absolute atomic E-state index is 0. The van der Waals surface area contributed by atoms with Crippen molar-refractivity contribution in [2.75, 3.05) is 31.9 Å². The van der Waals surface area contributed by atoms with Crippen LogP contribution in [0, 0.1) is 0 Å². The van der Waals surface area contributed by atoms with E-state index in [2.05, 4.69) is 27.7 Å². The molecule has 0 bridgehead atoms. The molecule has 7 heteroatoms. The molecule has 1 atom stereocenters. The van der Waals surface area contributed by atoms with Crippen LogP contribution in [-0.4, -0.2) is 31.1 Å². The first kappa shape index (κ1) is 19.6. The van der Waals surface area contributed by atoms with Gasteiger partial charge in [0.05, 0.1) is 6.04 Å². The summed E-state index contributed by atoms with van der Waals surface area (Å²) in [4.78, 5) is 3.80. The number of benzene rings is 1. The number of rotatable bonds is 3. The van der Waals surface area contributed by atoms with E-state index in [1.165, 1.54) is 4.88 Å². The Hall–Kier alpha value is -0.490. The third kappa shape index (κ3) is 4.28. The highest BCUT2D eigenvalue weighted by molar-refractivity contribution is 7.10. The molecule has 0 unspecified atom stereocenters. The topological polar surface area (TPSA) is 41.3 Å². The van der Waals surface area contributed by atoms with Crippen LogP contribution < -0.4 is 11.1 Å². The van der Waals surface area contributed by atoms with Crippen molar-refractivity contribution < 1.29 is 0 Å². The van der Waals surface area contributed by atoms with Crippen LogP contribution in [0.15, 0.2) is 35.7 Å². The van der Waals surface area contributed by atoms with E-state index in [4.69, 9.17) is 17.3 Å². The van der Waals surface area contributed by atoms with Crippen molar-refractivity contribution in [1.82, 2.24) is 10.2 Å². The second-order valence-corrected chi connectivity index (χ2v) is 6.39. The van der Waals surface area contributed by atoms with Crippen LogP contribution in [0.3, 0.4) is 0 Å². The molecule has 2 heterocycles. The fourth-order valence-electron chi connectivity index (χ4n) is 2.70. The lowest BCUT2D eigenvalue weighted by Crippen LogP contribution is -2.45. The summed E-state index contributed by atoms with van der Waals surface area (Å²) >= 11 is 7.95. The maximum Gasteiger partial charge on any atom is 0.0717 e. The van der Waals surface area contributed by atoms with Crippen molar-refractivity contribution in [3.8, 4) is 0 Å². The fraction of sp³-hybridized carbons (Fsp3) is 0.333. The summed E-state index contributed by atoms with van der Waals surface area (Å²) in [6, 6.07) is 10.2. The van der Waals surface area contributed by atoms with E-state index < -0.39 is 0 Å². The Morgan fingerprint density at radius 1 is 1.18 bits per heavy atom. The van der Waals surface area contributed by atoms with Crippen molar-refractivity contribution in [2.45, 2.75) is 6.04 Å². The Bertz CT molecular complexity index is 571. The predicted octanol–water partition coefficient (Wildman–Crippen LogP) is 3.82. The quantitative estimate of drug-likeness (QED) is 0.795. The standard InChI is InChI=1S/C15H18ClN3S.2ClH/c16-11-3-4-13(17)12(10-11)15(14-2-1-9-20-14)19-7-5-18-6-8-19;;/h1-4,9-10,15,18H,5-8,17H2;2*1H/t15-;;/m1../s1. The van der Waals surface area contributed by atoms with Gasteiger partial charge in [-0.2, -0.15) is 0 Å². The molecule has 1 aromatic carbocycles. The van der Waals surface area contributed by atoms with Gasteiger partial charge >= 0.3 is 0 Å². The Morgan fingerprint density at radius 2 is 1.91 bits per heavy atom. The van der Waals surface area contributed by atoms with Gasteiger partial charge in [-0.05, 0) is 35.2 Å². The summed E-state index contributed by atoms with van der Waals surface area (Å²) in [7, 11) is 0. The Labute approximate surface area is 152 Å². The van der Waals surface area contributed by atoms with Crippen LogP contribution >= 0.6 is 47.8 Å². The maximum atomic E-state index is 6.21. The summed E-state index contributed by atoms with van der Waals surface area (Å²) in [5.41, 5.74) is 8.13. The molecule has 0 spiro atoms. The Morgan fingerprint density at radius 3 is 2.55 bits per heavy atom. The normalized spacial score (nSPS) is 16.4. The summed E-state index contributed by atoms with van der Waals surface area (Å²) < 4.78 is 0. The molecule has 1 saturated heterocycles. The number of anilines is 1. The molecule has 1 aromatic heterocycles. The molecule has 0 aliphatic carbocycles. The van der Waals surface area contributed by atoms with Crippen LogP contribution in [0.5, 0.6) is 0 Å². The van der Waals surface area contributed by atoms with Gasteiger partial charge in [0.25, 0.3) is 0 Å². The second-order valence-electron chi connectivity index (χ2n) is 4.98. The van der Waals surface area contributed by atoms with E-state index in [1.807, 2.05) is 18.2 Å². The smallest absolute Gasteiger partial charge is 0.0717 e. The molecule has 1 aliphatic heterocycles. The first-order valence-electron chi connectivity index (χ1n) is 6.79. The van der Waals surface area contributed by atoms with Crippen LogP contribution in [0.25, 0.3) is 0 Å². The number of nitrogens with one attached hydrogen (secondary N) is 1. The van der Waals surface area contributed by atoms with E-state index in [-0.39, 0.29) is 30.9 Å². The molecule has 22 heavy (non-hydrogen) atoms. The third-order valence-electron chi connectivity index (χ3n) is 3.67. The minimum Gasteiger partial charge on any atom is -0.398 e. The Balaban J connectivity index is 0.00000121. The van der Waals surface area contributed by atoms with Gasteiger partial charge in [-0.25, -0.2) is 0 Å². The molecule has 2 aromatic rings. The van der Waals surface area contributed by atoms with Crippen molar-refractivity contribution in [3.05, 3.63) is 51.2 Å². The zero-order chi connectivity index (χ0) is 13.9. The molecule has 0 saturated carbocycles. The van der Waals surface area contributed by atoms with E-state index in [0.29, 0.717) is 0 Å². The van der Waals surface area contributed by atoms with Crippen molar-refractivity contribution >= 4 is 53.4 Å². The summed E-state index contributed by atoms with van der Waals surface area (Å²) in [5, 5.41) is 6.25. The van der Waals surface area contributed by atoms with E-state index in [9.17, 15) is 0 Å². The first-order valence-corrected chi connectivity index (χ1v) is 8.04. The maximum absolute atomic E-state index is 6.21. The zero-order valence-electron chi connectivity index (χ0n) is 12.0. The van der Waals surface area contributed by atoms with Crippen molar-refractivity contribution in [3.63, 3.8) is 0 Å². The number of halogens is 3. The largest absolute Gasteiger partial charge is 0.398 e. The highest BCUT2D eigenvalue weighted by Crippen LogP contribution is 2.36. The van der Waals surface area contributed by atoms with E-state index in [0.717, 1.165) is 42.5 Å². The van der Waals surface area contributed by atoms with Gasteiger partial charge in [0.2, 0.25) is 0 Å². The fourth-order valence-corrected chi connectivity index (χ4v) is 3.76. The lowest BCUT2D eigenvalue weighted by Gasteiger charge is -2.35. The summed E-state index contributed by atoms with van der Waals surface area (Å²) in [6.07, 6.45) is 0. The lowest BCUT2D eigenvalue weighted by atomic mass is 10.0. The molecule has 3 nitrogen and oxygen atoms in total. The van der Waals surface area contributed by atoms with Crippen molar-refractivity contribution in [1.29, 1.82) is 0 Å². The van der Waals surface area contributed by atoms with Gasteiger partial charge in [0.15, 0.2) is 0 Å². The molecule has 0 amide bonds. The van der Waals surface area contributed by atoms with Crippen LogP contribution in [-0.2, 0) is 0 Å². The monoisotopic (exact) mass is 379 g/mol. The highest BCUT2D eigenvalue weighted by atomic mass is 35.5. The molecule has 3 rings (SSSR count). The lowest BCUT2D eigenvalue weighted by molar-refractivity contribution is 0.201. The zero-order valence-corrected chi connectivity index (χ0v) is 15.2. The Kier molecular flexibility index (Phi) is 7.97. The summed E-state index contributed by atoms with van der Waals surface area (Å²) in [6.45, 7) is 4.08. The molecule has 122 valence electrons. The number of piperazine rings is 1. The van der Waals surface area contributed by atoms with Crippen LogP contribution in [0.1, 0.15) is 16.5 Å². The number of hydrogen-bond acceptors (Lipinski definition) is 4. The number of nitrogen functional groups attached to an aromatic ring is 1. The SMILES string of the molecule is Cl.Cl.Nc1ccc(Cl)cc1[C@H](c1cccs1)N1CCNCC1. The number of nitrogens with zero attached hydrogens (tertiary/aromatic N) is 1. The van der Waals surface area contributed by atoms with Gasteiger partial charge in [-0.15, -0.1) is 36.2 Å². The number of thiophene rings is 1. The van der Waals surface area contributed by atoms with Gasteiger partial charge in [-0.3, -0.25) is 4.90 Å². The predicted molar refractivity (Wildman–Crippen MR) is 101 cm³/mol. The van der Waals surface area contributed by atoms with Gasteiger partial charge < -0.3 is 11.1 Å². The second kappa shape index (κ2) is 8.96. The molecular formula is C15H20Cl3N3S. The molecule has 0 radical (unpaired) electrons. The number of hydrogen-bond donors (Lipinski definition) is 2. The van der Waals surface area contributed by atoms with Gasteiger partial charge in [0, 0.05) is 41.8 Å². The average molecular weight is 381 g/mol. The van der Waals surface area contributed by atoms with Crippen LogP contribution in [0.2, 0.25) is 5.02 Å². The molecular weight excluding hydrogens is 361 g/mol. The van der Waals surface area contributed by atoms with Gasteiger partial charge in [0.1, 0.15) is 0 Å². The van der Waals surface area contributed by atoms with Crippen LogP contribution in [0.4, 0.5) is 5.69 Å². The van der Waals surface area contributed by atoms with E-state index in [1.54, 1.807) is 11.3 Å². The molecule has 1 aliphatic rings. The van der Waals surface area contributed by atoms with Gasteiger partial charge in [-0.1, -0.05) is 17.7 Å². The molecule has 3 N–H and O–H groups in total.